The van der Waals surface area contributed by atoms with E-state index in [1.807, 2.05) is 6.07 Å². The van der Waals surface area contributed by atoms with E-state index in [2.05, 4.69) is 4.90 Å². The molecule has 0 spiro atoms. The highest BCUT2D eigenvalue weighted by molar-refractivity contribution is 7.90. The van der Waals surface area contributed by atoms with E-state index in [0.717, 1.165) is 45.3 Å². The van der Waals surface area contributed by atoms with Crippen LogP contribution in [0.2, 0.25) is 0 Å². The smallest absolute Gasteiger partial charge is 0.217 e. The zero-order valence-electron chi connectivity index (χ0n) is 13.3. The van der Waals surface area contributed by atoms with Gasteiger partial charge < -0.3 is 9.15 Å². The highest BCUT2D eigenvalue weighted by Crippen LogP contribution is 2.35. The number of hydrogen-bond donors (Lipinski definition) is 0. The minimum Gasteiger partial charge on any atom is -0.472 e. The molecule has 3 aliphatic rings. The molecule has 4 rings (SSSR count). The summed E-state index contributed by atoms with van der Waals surface area (Å²) in [6.45, 7) is 3.72. The third-order valence-electron chi connectivity index (χ3n) is 5.17. The first-order valence-electron chi connectivity index (χ1n) is 8.50. The Morgan fingerprint density at radius 2 is 1.96 bits per heavy atom. The van der Waals surface area contributed by atoms with Gasteiger partial charge in [0.05, 0.1) is 36.5 Å². The van der Waals surface area contributed by atoms with Crippen molar-refractivity contribution in [2.75, 3.05) is 26.2 Å². The quantitative estimate of drug-likeness (QED) is 0.830. The minimum atomic E-state index is -3.12. The highest BCUT2D eigenvalue weighted by Gasteiger charge is 2.46. The topological polar surface area (TPSA) is 63.0 Å². The molecule has 128 valence electrons. The molecule has 1 aromatic rings. The number of nitrogens with zero attached hydrogens (tertiary/aromatic N) is 2. The molecular weight excluding hydrogens is 316 g/mol. The Labute approximate surface area is 137 Å². The number of furan rings is 1. The number of morpholine rings is 1. The molecule has 23 heavy (non-hydrogen) atoms. The standard InChI is InChI=1S/C16H24N2O4S/c19-23(20,14-1-2-14)18-8-10-22-16-4-7-17(6-3-15(16)18)11-13-5-9-21-12-13/h5,9,12,14-16H,1-4,6-8,10-11H2/t15-,16+/m1/s1. The van der Waals surface area contributed by atoms with Crippen molar-refractivity contribution in [1.82, 2.24) is 9.21 Å². The second-order valence-electron chi connectivity index (χ2n) is 6.82. The molecule has 0 N–H and O–H groups in total. The molecule has 1 aliphatic carbocycles. The number of sulfonamides is 1. The van der Waals surface area contributed by atoms with Gasteiger partial charge in [-0.1, -0.05) is 0 Å². The molecule has 1 aromatic heterocycles. The van der Waals surface area contributed by atoms with Gasteiger partial charge in [0.1, 0.15) is 0 Å². The lowest BCUT2D eigenvalue weighted by Gasteiger charge is -2.39. The molecule has 6 nitrogen and oxygen atoms in total. The van der Waals surface area contributed by atoms with E-state index in [9.17, 15) is 8.42 Å². The Morgan fingerprint density at radius 1 is 1.13 bits per heavy atom. The number of hydrogen-bond acceptors (Lipinski definition) is 5. The first-order valence-corrected chi connectivity index (χ1v) is 10.0. The summed E-state index contributed by atoms with van der Waals surface area (Å²) in [4.78, 5) is 2.37. The molecule has 0 amide bonds. The monoisotopic (exact) mass is 340 g/mol. The van der Waals surface area contributed by atoms with Gasteiger partial charge in [-0.25, -0.2) is 8.42 Å². The fraction of sp³-hybridized carbons (Fsp3) is 0.750. The van der Waals surface area contributed by atoms with Gasteiger partial charge in [-0.05, 0) is 31.7 Å². The predicted molar refractivity (Wildman–Crippen MR) is 85.4 cm³/mol. The van der Waals surface area contributed by atoms with Gasteiger partial charge in [0.15, 0.2) is 0 Å². The Kier molecular flexibility index (Phi) is 4.21. The van der Waals surface area contributed by atoms with Crippen LogP contribution in [0.5, 0.6) is 0 Å². The van der Waals surface area contributed by atoms with E-state index in [4.69, 9.17) is 9.15 Å². The summed E-state index contributed by atoms with van der Waals surface area (Å²) < 4.78 is 38.2. The average Bonchev–Trinajstić information content (AvgIpc) is 3.32. The Hall–Kier alpha value is -0.890. The van der Waals surface area contributed by atoms with E-state index in [1.54, 1.807) is 16.8 Å². The van der Waals surface area contributed by atoms with Crippen molar-refractivity contribution in [3.05, 3.63) is 24.2 Å². The van der Waals surface area contributed by atoms with Crippen LogP contribution in [0, 0.1) is 0 Å². The summed E-state index contributed by atoms with van der Waals surface area (Å²) in [5, 5.41) is -0.133. The molecular formula is C16H24N2O4S. The Morgan fingerprint density at radius 3 is 2.70 bits per heavy atom. The van der Waals surface area contributed by atoms with Crippen LogP contribution in [-0.4, -0.2) is 61.3 Å². The lowest BCUT2D eigenvalue weighted by Crippen LogP contribution is -2.54. The van der Waals surface area contributed by atoms with Crippen LogP contribution in [0.4, 0.5) is 0 Å². The zero-order chi connectivity index (χ0) is 15.9. The van der Waals surface area contributed by atoms with Gasteiger partial charge in [-0.15, -0.1) is 0 Å². The van der Waals surface area contributed by atoms with Gasteiger partial charge >= 0.3 is 0 Å². The summed E-state index contributed by atoms with van der Waals surface area (Å²) >= 11 is 0. The maximum atomic E-state index is 12.7. The van der Waals surface area contributed by atoms with Gasteiger partial charge in [-0.3, -0.25) is 4.90 Å². The molecule has 0 radical (unpaired) electrons. The van der Waals surface area contributed by atoms with Gasteiger partial charge in [0, 0.05) is 31.7 Å². The highest BCUT2D eigenvalue weighted by atomic mass is 32.2. The van der Waals surface area contributed by atoms with Crippen LogP contribution in [0.25, 0.3) is 0 Å². The van der Waals surface area contributed by atoms with Gasteiger partial charge in [0.25, 0.3) is 0 Å². The molecule has 3 fully saturated rings. The fourth-order valence-electron chi connectivity index (χ4n) is 3.77. The van der Waals surface area contributed by atoms with Crippen LogP contribution in [0.15, 0.2) is 23.0 Å². The van der Waals surface area contributed by atoms with Crippen molar-refractivity contribution < 1.29 is 17.6 Å². The summed E-state index contributed by atoms with van der Waals surface area (Å²) in [5.74, 6) is 0. The predicted octanol–water partition coefficient (Wildman–Crippen LogP) is 1.44. The van der Waals surface area contributed by atoms with E-state index in [-0.39, 0.29) is 17.4 Å². The molecule has 1 saturated carbocycles. The molecule has 7 heteroatoms. The van der Waals surface area contributed by atoms with Crippen molar-refractivity contribution >= 4 is 10.0 Å². The molecule has 2 aliphatic heterocycles. The Bertz CT molecular complexity index is 627. The third kappa shape index (κ3) is 3.20. The van der Waals surface area contributed by atoms with Crippen molar-refractivity contribution in [3.8, 4) is 0 Å². The molecule has 0 unspecified atom stereocenters. The summed E-state index contributed by atoms with van der Waals surface area (Å²) in [5.41, 5.74) is 1.17. The van der Waals surface area contributed by atoms with Crippen LogP contribution < -0.4 is 0 Å². The van der Waals surface area contributed by atoms with Gasteiger partial charge in [0.2, 0.25) is 10.0 Å². The maximum Gasteiger partial charge on any atom is 0.217 e. The summed E-state index contributed by atoms with van der Waals surface area (Å²) in [6, 6.07) is 1.99. The molecule has 0 bridgehead atoms. The minimum absolute atomic E-state index is 0.00343. The number of likely N-dealkylation sites (tertiary alicyclic amines) is 1. The van der Waals surface area contributed by atoms with Crippen LogP contribution in [0.3, 0.4) is 0 Å². The first kappa shape index (κ1) is 15.6. The van der Waals surface area contributed by atoms with Crippen molar-refractivity contribution in [2.24, 2.45) is 0 Å². The SMILES string of the molecule is O=S(=O)(C1CC1)N1CCO[C@H]2CCN(Cc3ccoc3)CC[C@H]21. The molecule has 2 atom stereocenters. The van der Waals surface area contributed by atoms with E-state index in [1.165, 1.54) is 5.56 Å². The number of rotatable bonds is 4. The summed E-state index contributed by atoms with van der Waals surface area (Å²) in [6.07, 6.45) is 6.88. The van der Waals surface area contributed by atoms with Crippen LogP contribution in [-0.2, 0) is 21.3 Å². The van der Waals surface area contributed by atoms with Gasteiger partial charge in [-0.2, -0.15) is 4.31 Å². The lowest BCUT2D eigenvalue weighted by atomic mass is 10.0. The third-order valence-corrected chi connectivity index (χ3v) is 7.59. The summed E-state index contributed by atoms with van der Waals surface area (Å²) in [7, 11) is -3.12. The van der Waals surface area contributed by atoms with E-state index >= 15 is 0 Å². The lowest BCUT2D eigenvalue weighted by molar-refractivity contribution is -0.0409. The average molecular weight is 340 g/mol. The Balaban J connectivity index is 1.46. The maximum absolute atomic E-state index is 12.7. The molecule has 0 aromatic carbocycles. The molecule has 2 saturated heterocycles. The fourth-order valence-corrected chi connectivity index (χ4v) is 5.83. The van der Waals surface area contributed by atoms with E-state index in [0.29, 0.717) is 13.2 Å². The molecule has 3 heterocycles. The van der Waals surface area contributed by atoms with E-state index < -0.39 is 10.0 Å². The van der Waals surface area contributed by atoms with Crippen LogP contribution >= 0.6 is 0 Å². The number of ether oxygens (including phenoxy) is 1. The van der Waals surface area contributed by atoms with Crippen molar-refractivity contribution in [1.29, 1.82) is 0 Å². The van der Waals surface area contributed by atoms with Crippen LogP contribution in [0.1, 0.15) is 31.2 Å². The normalized spacial score (nSPS) is 30.8. The van der Waals surface area contributed by atoms with Crippen molar-refractivity contribution in [2.45, 2.75) is 49.6 Å². The van der Waals surface area contributed by atoms with Crippen molar-refractivity contribution in [3.63, 3.8) is 0 Å². The zero-order valence-corrected chi connectivity index (χ0v) is 14.1. The second kappa shape index (κ2) is 6.20. The second-order valence-corrected chi connectivity index (χ2v) is 8.98. The largest absolute Gasteiger partial charge is 0.472 e. The number of fused-ring (bicyclic) bond motifs is 1. The first-order chi connectivity index (χ1) is 11.1.